The molecule has 0 unspecified atom stereocenters. The Morgan fingerprint density at radius 1 is 1.19 bits per heavy atom. The second-order valence-electron chi connectivity index (χ2n) is 10.1. The van der Waals surface area contributed by atoms with E-state index in [9.17, 15) is 14.7 Å². The zero-order valence-corrected chi connectivity index (χ0v) is 21.0. The van der Waals surface area contributed by atoms with E-state index in [1.807, 2.05) is 26.0 Å². The summed E-state index contributed by atoms with van der Waals surface area (Å²) in [5.41, 5.74) is 5.19. The van der Waals surface area contributed by atoms with Crippen molar-refractivity contribution >= 4 is 22.8 Å². The Morgan fingerprint density at radius 3 is 2.64 bits per heavy atom. The highest BCUT2D eigenvalue weighted by atomic mass is 16.5. The summed E-state index contributed by atoms with van der Waals surface area (Å²) in [6, 6.07) is 6.02. The second-order valence-corrected chi connectivity index (χ2v) is 10.1. The number of benzene rings is 1. The maximum absolute atomic E-state index is 13.3. The van der Waals surface area contributed by atoms with Gasteiger partial charge < -0.3 is 25.0 Å². The van der Waals surface area contributed by atoms with Gasteiger partial charge >= 0.3 is 0 Å². The van der Waals surface area contributed by atoms with E-state index in [0.717, 1.165) is 22.6 Å². The van der Waals surface area contributed by atoms with E-state index in [0.29, 0.717) is 60.7 Å². The van der Waals surface area contributed by atoms with Crippen LogP contribution in [0.5, 0.6) is 5.75 Å². The van der Waals surface area contributed by atoms with Crippen molar-refractivity contribution in [2.24, 2.45) is 5.92 Å². The fraction of sp³-hybridized carbons (Fsp3) is 0.481. The molecule has 2 aliphatic rings. The lowest BCUT2D eigenvalue weighted by Crippen LogP contribution is -2.48. The Labute approximate surface area is 210 Å². The third-order valence-corrected chi connectivity index (χ3v) is 7.06. The molecule has 1 aliphatic heterocycles. The molecular weight excluding hydrogens is 458 g/mol. The molecule has 3 N–H and O–H groups in total. The number of aromatic amines is 1. The van der Waals surface area contributed by atoms with E-state index in [1.54, 1.807) is 4.90 Å². The van der Waals surface area contributed by atoms with E-state index in [-0.39, 0.29) is 17.9 Å². The number of aryl methyl sites for hydroxylation is 2. The van der Waals surface area contributed by atoms with Gasteiger partial charge in [0.1, 0.15) is 29.4 Å². The number of nitrogens with zero attached hydrogens (tertiary/aromatic N) is 3. The lowest BCUT2D eigenvalue weighted by atomic mass is 10.0. The number of hydrogen-bond donors (Lipinski definition) is 3. The van der Waals surface area contributed by atoms with Gasteiger partial charge in [-0.25, -0.2) is 9.97 Å². The van der Waals surface area contributed by atoms with E-state index < -0.39 is 6.10 Å². The largest absolute Gasteiger partial charge is 0.493 e. The monoisotopic (exact) mass is 491 g/mol. The highest BCUT2D eigenvalue weighted by molar-refractivity contribution is 6.09. The SMILES string of the molecule is Cc1ccc(OCC2CC2)c(-c2ncnc3c(C(=O)NC4CCN(C(=O)[C@H](C)O)CC4)c(C)[nH]c23)c1. The van der Waals surface area contributed by atoms with E-state index in [2.05, 4.69) is 26.3 Å². The molecule has 2 amide bonds. The molecule has 1 saturated heterocycles. The average Bonchev–Trinajstić information content (AvgIpc) is 3.62. The predicted octanol–water partition coefficient (Wildman–Crippen LogP) is 3.13. The van der Waals surface area contributed by atoms with Crippen molar-refractivity contribution < 1.29 is 19.4 Å². The van der Waals surface area contributed by atoms with Crippen molar-refractivity contribution in [3.63, 3.8) is 0 Å². The third-order valence-electron chi connectivity index (χ3n) is 7.06. The molecule has 2 aromatic heterocycles. The number of aromatic nitrogens is 3. The van der Waals surface area contributed by atoms with Gasteiger partial charge in [-0.2, -0.15) is 0 Å². The normalized spacial score (nSPS) is 17.3. The zero-order chi connectivity index (χ0) is 25.4. The summed E-state index contributed by atoms with van der Waals surface area (Å²) in [6.45, 7) is 7.08. The molecule has 9 nitrogen and oxygen atoms in total. The van der Waals surface area contributed by atoms with Crippen molar-refractivity contribution in [2.45, 2.75) is 58.6 Å². The minimum absolute atomic E-state index is 0.0552. The van der Waals surface area contributed by atoms with Gasteiger partial charge in [0, 0.05) is 30.4 Å². The molecule has 36 heavy (non-hydrogen) atoms. The number of nitrogens with one attached hydrogen (secondary N) is 2. The number of ether oxygens (including phenoxy) is 1. The number of carbonyl (C=O) groups excluding carboxylic acids is 2. The van der Waals surface area contributed by atoms with Crippen LogP contribution in [0.1, 0.15) is 54.2 Å². The summed E-state index contributed by atoms with van der Waals surface area (Å²) in [4.78, 5) is 39.4. The summed E-state index contributed by atoms with van der Waals surface area (Å²) in [5.74, 6) is 0.945. The molecule has 3 aromatic rings. The number of H-pyrrole nitrogens is 1. The predicted molar refractivity (Wildman–Crippen MR) is 136 cm³/mol. The number of aliphatic hydroxyl groups excluding tert-OH is 1. The topological polar surface area (TPSA) is 120 Å². The molecule has 0 radical (unpaired) electrons. The highest BCUT2D eigenvalue weighted by Gasteiger charge is 2.28. The maximum atomic E-state index is 13.3. The smallest absolute Gasteiger partial charge is 0.255 e. The van der Waals surface area contributed by atoms with Crippen LogP contribution in [0.3, 0.4) is 0 Å². The summed E-state index contributed by atoms with van der Waals surface area (Å²) in [6.07, 6.45) is 4.18. The lowest BCUT2D eigenvalue weighted by Gasteiger charge is -2.33. The maximum Gasteiger partial charge on any atom is 0.255 e. The molecule has 9 heteroatoms. The van der Waals surface area contributed by atoms with Crippen LogP contribution < -0.4 is 10.1 Å². The molecule has 190 valence electrons. The summed E-state index contributed by atoms with van der Waals surface area (Å²) >= 11 is 0. The Bertz CT molecular complexity index is 1290. The van der Waals surface area contributed by atoms with Crippen molar-refractivity contribution in [3.8, 4) is 17.0 Å². The Balaban J connectivity index is 1.39. The zero-order valence-electron chi connectivity index (χ0n) is 21.0. The van der Waals surface area contributed by atoms with Crippen LogP contribution in [0.15, 0.2) is 24.5 Å². The van der Waals surface area contributed by atoms with Gasteiger partial charge in [0.25, 0.3) is 11.8 Å². The molecule has 1 atom stereocenters. The van der Waals surface area contributed by atoms with E-state index in [1.165, 1.54) is 26.1 Å². The molecular formula is C27H33N5O4. The summed E-state index contributed by atoms with van der Waals surface area (Å²) in [7, 11) is 0. The van der Waals surface area contributed by atoms with Gasteiger partial charge in [0.2, 0.25) is 0 Å². The molecule has 1 aromatic carbocycles. The number of piperidine rings is 1. The third kappa shape index (κ3) is 4.93. The Morgan fingerprint density at radius 2 is 1.94 bits per heavy atom. The van der Waals surface area contributed by atoms with Crippen LogP contribution >= 0.6 is 0 Å². The van der Waals surface area contributed by atoms with Crippen molar-refractivity contribution in [1.82, 2.24) is 25.2 Å². The minimum atomic E-state index is -1.01. The number of hydrogen-bond acceptors (Lipinski definition) is 6. The van der Waals surface area contributed by atoms with E-state index >= 15 is 0 Å². The van der Waals surface area contributed by atoms with Crippen LogP contribution in [0.2, 0.25) is 0 Å². The molecule has 3 heterocycles. The van der Waals surface area contributed by atoms with Crippen LogP contribution in [0.4, 0.5) is 0 Å². The van der Waals surface area contributed by atoms with Gasteiger partial charge in [-0.3, -0.25) is 9.59 Å². The summed E-state index contributed by atoms with van der Waals surface area (Å²) < 4.78 is 6.15. The second kappa shape index (κ2) is 9.89. The van der Waals surface area contributed by atoms with E-state index in [4.69, 9.17) is 4.74 Å². The van der Waals surface area contributed by atoms with Crippen LogP contribution in [0, 0.1) is 19.8 Å². The number of amides is 2. The van der Waals surface area contributed by atoms with Crippen molar-refractivity contribution in [3.05, 3.63) is 41.3 Å². The molecule has 1 aliphatic carbocycles. The van der Waals surface area contributed by atoms with Crippen molar-refractivity contribution in [1.29, 1.82) is 0 Å². The first-order valence-electron chi connectivity index (χ1n) is 12.7. The van der Waals surface area contributed by atoms with Gasteiger partial charge in [-0.15, -0.1) is 0 Å². The molecule has 1 saturated carbocycles. The Kier molecular flexibility index (Phi) is 6.66. The van der Waals surface area contributed by atoms with Crippen LogP contribution in [-0.2, 0) is 4.79 Å². The van der Waals surface area contributed by atoms with Gasteiger partial charge in [-0.1, -0.05) is 11.6 Å². The number of aliphatic hydroxyl groups is 1. The first-order valence-corrected chi connectivity index (χ1v) is 12.7. The highest BCUT2D eigenvalue weighted by Crippen LogP contribution is 2.37. The fourth-order valence-corrected chi connectivity index (χ4v) is 4.82. The lowest BCUT2D eigenvalue weighted by molar-refractivity contribution is -0.140. The van der Waals surface area contributed by atoms with Crippen LogP contribution in [-0.4, -0.2) is 68.6 Å². The van der Waals surface area contributed by atoms with Gasteiger partial charge in [0.05, 0.1) is 17.7 Å². The van der Waals surface area contributed by atoms with Crippen molar-refractivity contribution in [2.75, 3.05) is 19.7 Å². The summed E-state index contributed by atoms with van der Waals surface area (Å²) in [5, 5.41) is 12.7. The molecule has 0 spiro atoms. The standard InChI is InChI=1S/C27H33N5O4/c1-15-4-7-21(36-13-18-5-6-18)20(12-15)23-25-24(29-14-28-23)22(16(2)30-25)26(34)31-19-8-10-32(11-9-19)27(35)17(3)33/h4,7,12,14,17-19,30,33H,5-6,8-11,13H2,1-3H3,(H,31,34)/t17-/m0/s1. The van der Waals surface area contributed by atoms with Crippen LogP contribution in [0.25, 0.3) is 22.3 Å². The first kappa shape index (κ1) is 24.2. The number of rotatable bonds is 7. The minimum Gasteiger partial charge on any atom is -0.493 e. The quantitative estimate of drug-likeness (QED) is 0.467. The van der Waals surface area contributed by atoms with Gasteiger partial charge in [-0.05, 0) is 64.5 Å². The number of likely N-dealkylation sites (tertiary alicyclic amines) is 1. The average molecular weight is 492 g/mol. The molecule has 5 rings (SSSR count). The molecule has 0 bridgehead atoms. The number of carbonyl (C=O) groups is 2. The fourth-order valence-electron chi connectivity index (χ4n) is 4.82. The van der Waals surface area contributed by atoms with Gasteiger partial charge in [0.15, 0.2) is 0 Å². The number of fused-ring (bicyclic) bond motifs is 1. The first-order chi connectivity index (χ1) is 17.3. The Hall–Kier alpha value is -3.46. The molecule has 2 fully saturated rings.